The fourth-order valence-corrected chi connectivity index (χ4v) is 3.01. The van der Waals surface area contributed by atoms with E-state index in [2.05, 4.69) is 10.00 Å². The number of aliphatic carboxylic acids is 2. The Kier molecular flexibility index (Phi) is 10.3. The number of amides is 1. The Morgan fingerprint density at radius 1 is 1.03 bits per heavy atom. The van der Waals surface area contributed by atoms with Crippen molar-refractivity contribution < 1.29 is 38.1 Å². The van der Waals surface area contributed by atoms with Crippen LogP contribution in [-0.4, -0.2) is 87.0 Å². The normalized spacial score (nSPS) is 14.0. The van der Waals surface area contributed by atoms with Crippen molar-refractivity contribution in [3.05, 3.63) is 59.9 Å². The number of carbonyl (C=O) groups excluding carboxylic acids is 1. The van der Waals surface area contributed by atoms with Crippen molar-refractivity contribution in [2.24, 2.45) is 0 Å². The van der Waals surface area contributed by atoms with Crippen LogP contribution in [-0.2, 0) is 25.7 Å². The molecule has 34 heavy (non-hydrogen) atoms. The number of rotatable bonds is 8. The maximum Gasteiger partial charge on any atom is 0.328 e. The zero-order valence-corrected chi connectivity index (χ0v) is 18.6. The Hall–Kier alpha value is -3.64. The third kappa shape index (κ3) is 9.08. The van der Waals surface area contributed by atoms with Crippen LogP contribution in [0.3, 0.4) is 0 Å². The molecule has 10 nitrogen and oxygen atoms in total. The van der Waals surface area contributed by atoms with Crippen LogP contribution < -0.4 is 0 Å². The molecule has 0 saturated carbocycles. The van der Waals surface area contributed by atoms with E-state index in [4.69, 9.17) is 14.9 Å². The molecule has 1 aliphatic heterocycles. The van der Waals surface area contributed by atoms with Gasteiger partial charge in [-0.1, -0.05) is 0 Å². The summed E-state index contributed by atoms with van der Waals surface area (Å²) in [4.78, 5) is 34.5. The zero-order chi connectivity index (χ0) is 25.1. The predicted octanol–water partition coefficient (Wildman–Crippen LogP) is 1.54. The monoisotopic (exact) mass is 480 g/mol. The molecular weight excluding hydrogens is 454 g/mol. The van der Waals surface area contributed by atoms with Crippen molar-refractivity contribution in [3.63, 3.8) is 0 Å². The van der Waals surface area contributed by atoms with Gasteiger partial charge in [-0.15, -0.1) is 0 Å². The van der Waals surface area contributed by atoms with E-state index < -0.39 is 23.6 Å². The number of hydrogen-bond acceptors (Lipinski definition) is 6. The highest BCUT2D eigenvalue weighted by molar-refractivity contribution is 5.89. The SMILES string of the molecule is CC(=O)N1CCN(CCOCc2ccn(-c3ccc(F)c(F)c3)n2)CC1.O=C(O)/C=C/C(=O)O. The van der Waals surface area contributed by atoms with Gasteiger partial charge in [0.05, 0.1) is 24.6 Å². The molecule has 0 aliphatic carbocycles. The number of carboxylic acid groups (broad SMARTS) is 2. The lowest BCUT2D eigenvalue weighted by Crippen LogP contribution is -2.48. The number of carboxylic acids is 2. The van der Waals surface area contributed by atoms with Crippen molar-refractivity contribution in [2.75, 3.05) is 39.3 Å². The number of aromatic nitrogens is 2. The van der Waals surface area contributed by atoms with Crippen molar-refractivity contribution in [1.29, 1.82) is 0 Å². The number of halogens is 2. The van der Waals surface area contributed by atoms with E-state index in [1.165, 1.54) is 10.7 Å². The topological polar surface area (TPSA) is 125 Å². The van der Waals surface area contributed by atoms with Gasteiger partial charge >= 0.3 is 11.9 Å². The van der Waals surface area contributed by atoms with Crippen LogP contribution in [0.5, 0.6) is 0 Å². The van der Waals surface area contributed by atoms with E-state index >= 15 is 0 Å². The van der Waals surface area contributed by atoms with Gasteiger partial charge in [-0.25, -0.2) is 23.1 Å². The Bertz CT molecular complexity index is 1000. The van der Waals surface area contributed by atoms with Crippen LogP contribution in [0, 0.1) is 11.6 Å². The standard InChI is InChI=1S/C18H22F2N4O2.C4H4O4/c1-14(25)23-8-6-22(7-9-23)10-11-26-13-15-4-5-24(21-15)16-2-3-17(19)18(20)12-16;5-3(6)1-2-4(7)8/h2-5,12H,6-11,13H2,1H3;1-2H,(H,5,6)(H,7,8)/b;2-1+. The second-order valence-corrected chi connectivity index (χ2v) is 7.26. The smallest absolute Gasteiger partial charge is 0.328 e. The first-order valence-corrected chi connectivity index (χ1v) is 10.3. The molecule has 1 saturated heterocycles. The van der Waals surface area contributed by atoms with Gasteiger partial charge in [0, 0.05) is 64.1 Å². The summed E-state index contributed by atoms with van der Waals surface area (Å²) in [5.74, 6) is -4.17. The van der Waals surface area contributed by atoms with E-state index in [9.17, 15) is 23.2 Å². The molecule has 2 aromatic rings. The molecule has 2 N–H and O–H groups in total. The number of carbonyl (C=O) groups is 3. The third-order valence-electron chi connectivity index (χ3n) is 4.80. The second kappa shape index (κ2) is 13.2. The minimum atomic E-state index is -1.26. The van der Waals surface area contributed by atoms with Crippen LogP contribution in [0.15, 0.2) is 42.6 Å². The molecule has 1 aromatic heterocycles. The van der Waals surface area contributed by atoms with Crippen molar-refractivity contribution in [2.45, 2.75) is 13.5 Å². The summed E-state index contributed by atoms with van der Waals surface area (Å²) in [6.45, 7) is 6.54. The number of hydrogen-bond donors (Lipinski definition) is 2. The fourth-order valence-electron chi connectivity index (χ4n) is 3.01. The van der Waals surface area contributed by atoms with E-state index in [-0.39, 0.29) is 5.91 Å². The lowest BCUT2D eigenvalue weighted by atomic mass is 10.3. The van der Waals surface area contributed by atoms with Crippen LogP contribution in [0.25, 0.3) is 5.69 Å². The molecule has 12 heteroatoms. The van der Waals surface area contributed by atoms with Crippen LogP contribution >= 0.6 is 0 Å². The summed E-state index contributed by atoms with van der Waals surface area (Å²) in [6.07, 6.45) is 2.80. The quantitative estimate of drug-likeness (QED) is 0.431. The van der Waals surface area contributed by atoms with E-state index in [1.54, 1.807) is 19.2 Å². The van der Waals surface area contributed by atoms with Gasteiger partial charge in [0.15, 0.2) is 11.6 Å². The highest BCUT2D eigenvalue weighted by atomic mass is 19.2. The van der Waals surface area contributed by atoms with E-state index in [0.29, 0.717) is 31.1 Å². The summed E-state index contributed by atoms with van der Waals surface area (Å²) in [7, 11) is 0. The second-order valence-electron chi connectivity index (χ2n) is 7.26. The Morgan fingerprint density at radius 3 is 2.24 bits per heavy atom. The highest BCUT2D eigenvalue weighted by Crippen LogP contribution is 2.13. The minimum absolute atomic E-state index is 0.123. The van der Waals surface area contributed by atoms with Gasteiger partial charge in [-0.05, 0) is 18.2 Å². The average molecular weight is 480 g/mol. The Labute approximate surface area is 194 Å². The lowest BCUT2D eigenvalue weighted by Gasteiger charge is -2.34. The average Bonchev–Trinajstić information content (AvgIpc) is 3.27. The minimum Gasteiger partial charge on any atom is -0.478 e. The first-order chi connectivity index (χ1) is 16.2. The molecule has 1 fully saturated rings. The first kappa shape index (κ1) is 26.6. The van der Waals surface area contributed by atoms with Crippen LogP contribution in [0.4, 0.5) is 8.78 Å². The number of ether oxygens (including phenoxy) is 1. The maximum atomic E-state index is 13.3. The summed E-state index contributed by atoms with van der Waals surface area (Å²) in [5, 5.41) is 19.9. The summed E-state index contributed by atoms with van der Waals surface area (Å²) in [5.41, 5.74) is 1.18. The number of benzene rings is 1. The van der Waals surface area contributed by atoms with Crippen molar-refractivity contribution in [1.82, 2.24) is 19.6 Å². The molecule has 0 unspecified atom stereocenters. The van der Waals surface area contributed by atoms with E-state index in [0.717, 1.165) is 50.6 Å². The largest absolute Gasteiger partial charge is 0.478 e. The number of nitrogens with zero attached hydrogens (tertiary/aromatic N) is 4. The molecule has 0 bridgehead atoms. The van der Waals surface area contributed by atoms with Gasteiger partial charge in [0.25, 0.3) is 0 Å². The molecule has 184 valence electrons. The van der Waals surface area contributed by atoms with Gasteiger partial charge in [0.2, 0.25) is 5.91 Å². The molecule has 0 spiro atoms. The van der Waals surface area contributed by atoms with Crippen LogP contribution in [0.2, 0.25) is 0 Å². The first-order valence-electron chi connectivity index (χ1n) is 10.3. The van der Waals surface area contributed by atoms with Gasteiger partial charge in [0.1, 0.15) is 0 Å². The molecule has 1 amide bonds. The fraction of sp³-hybridized carbons (Fsp3) is 0.364. The van der Waals surface area contributed by atoms with Gasteiger partial charge in [-0.2, -0.15) is 5.10 Å². The van der Waals surface area contributed by atoms with Crippen molar-refractivity contribution >= 4 is 17.8 Å². The van der Waals surface area contributed by atoms with Gasteiger partial charge in [-0.3, -0.25) is 9.69 Å². The summed E-state index contributed by atoms with van der Waals surface area (Å²) in [6, 6.07) is 5.44. The Morgan fingerprint density at radius 2 is 1.68 bits per heavy atom. The third-order valence-corrected chi connectivity index (χ3v) is 4.80. The zero-order valence-electron chi connectivity index (χ0n) is 18.6. The molecule has 3 rings (SSSR count). The molecule has 1 aromatic carbocycles. The summed E-state index contributed by atoms with van der Waals surface area (Å²) < 4.78 is 33.4. The summed E-state index contributed by atoms with van der Waals surface area (Å²) >= 11 is 0. The molecule has 0 radical (unpaired) electrons. The highest BCUT2D eigenvalue weighted by Gasteiger charge is 2.18. The van der Waals surface area contributed by atoms with Gasteiger partial charge < -0.3 is 19.8 Å². The Balaban J connectivity index is 0.000000440. The lowest BCUT2D eigenvalue weighted by molar-refractivity contribution is -0.134. The molecule has 2 heterocycles. The number of piperazine rings is 1. The van der Waals surface area contributed by atoms with Crippen molar-refractivity contribution in [3.8, 4) is 5.69 Å². The maximum absolute atomic E-state index is 13.3. The molecular formula is C22H26F2N4O6. The van der Waals surface area contributed by atoms with E-state index in [1.807, 2.05) is 4.90 Å². The predicted molar refractivity (Wildman–Crippen MR) is 116 cm³/mol. The van der Waals surface area contributed by atoms with Crippen LogP contribution in [0.1, 0.15) is 12.6 Å². The molecule has 1 aliphatic rings. The molecule has 0 atom stereocenters.